The normalized spacial score (nSPS) is 14.8. The van der Waals surface area contributed by atoms with Gasteiger partial charge in [-0.2, -0.15) is 0 Å². The number of fused-ring (bicyclic) bond motifs is 4. The van der Waals surface area contributed by atoms with Gasteiger partial charge in [0.15, 0.2) is 4.77 Å². The van der Waals surface area contributed by atoms with Crippen molar-refractivity contribution in [2.24, 2.45) is 0 Å². The van der Waals surface area contributed by atoms with Gasteiger partial charge in [-0.1, -0.05) is 33.3 Å². The molecule has 4 heterocycles. The molecule has 0 saturated heterocycles. The lowest BCUT2D eigenvalue weighted by molar-refractivity contribution is 0.298. The van der Waals surface area contributed by atoms with Crippen molar-refractivity contribution < 1.29 is 9.84 Å². The number of halogens is 1. The lowest BCUT2D eigenvalue weighted by atomic mass is 9.93. The number of aryl methyl sites for hydroxylation is 1. The SMILES string of the molecule is CC(C)n1c(O)c2n(c1=S)C(c1ccc(OCCCn3ccnn3)cc1)c1[nH]c3ccc(Br)cc3c1C2. The molecule has 5 aromatic rings. The average molecular weight is 580 g/mol. The first kappa shape index (κ1) is 24.0. The maximum Gasteiger partial charge on any atom is 0.214 e. The van der Waals surface area contributed by atoms with Crippen LogP contribution in [0.4, 0.5) is 0 Å². The molecule has 0 fully saturated rings. The van der Waals surface area contributed by atoms with Gasteiger partial charge in [-0.05, 0) is 67.5 Å². The summed E-state index contributed by atoms with van der Waals surface area (Å²) in [4.78, 5) is 3.66. The number of ether oxygens (including phenoxy) is 1. The Labute approximate surface area is 227 Å². The van der Waals surface area contributed by atoms with Crippen LogP contribution in [-0.2, 0) is 13.0 Å². The number of nitrogens with one attached hydrogen (secondary N) is 1. The third-order valence-electron chi connectivity index (χ3n) is 6.95. The fourth-order valence-electron chi connectivity index (χ4n) is 5.26. The van der Waals surface area contributed by atoms with E-state index in [1.807, 2.05) is 42.8 Å². The van der Waals surface area contributed by atoms with Gasteiger partial charge in [0.05, 0.1) is 18.5 Å². The van der Waals surface area contributed by atoms with Crippen LogP contribution in [0.1, 0.15) is 54.9 Å². The van der Waals surface area contributed by atoms with Gasteiger partial charge in [0, 0.05) is 52.7 Å². The monoisotopic (exact) mass is 578 g/mol. The van der Waals surface area contributed by atoms with Crippen molar-refractivity contribution in [1.82, 2.24) is 29.1 Å². The number of hydrogen-bond acceptors (Lipinski definition) is 5. The smallest absolute Gasteiger partial charge is 0.214 e. The summed E-state index contributed by atoms with van der Waals surface area (Å²) < 4.78 is 13.4. The quantitative estimate of drug-likeness (QED) is 0.175. The van der Waals surface area contributed by atoms with E-state index in [9.17, 15) is 5.11 Å². The van der Waals surface area contributed by atoms with Crippen LogP contribution in [0, 0.1) is 4.77 Å². The maximum absolute atomic E-state index is 11.2. The van der Waals surface area contributed by atoms with Crippen molar-refractivity contribution in [2.45, 2.75) is 45.3 Å². The minimum Gasteiger partial charge on any atom is -0.494 e. The van der Waals surface area contributed by atoms with E-state index in [-0.39, 0.29) is 18.0 Å². The van der Waals surface area contributed by atoms with Crippen LogP contribution in [0.15, 0.2) is 59.3 Å². The van der Waals surface area contributed by atoms with E-state index in [0.717, 1.165) is 51.0 Å². The van der Waals surface area contributed by atoms with E-state index < -0.39 is 0 Å². The molecule has 2 N–H and O–H groups in total. The summed E-state index contributed by atoms with van der Waals surface area (Å²) >= 11 is 9.54. The van der Waals surface area contributed by atoms with Crippen molar-refractivity contribution >= 4 is 39.1 Å². The Morgan fingerprint density at radius 1 is 1.22 bits per heavy atom. The Bertz CT molecular complexity index is 1630. The second kappa shape index (κ2) is 9.50. The van der Waals surface area contributed by atoms with E-state index >= 15 is 0 Å². The Morgan fingerprint density at radius 3 is 2.76 bits per heavy atom. The number of hydrogen-bond donors (Lipinski definition) is 2. The molecular weight excluding hydrogens is 552 g/mol. The Hall–Kier alpha value is -3.37. The van der Waals surface area contributed by atoms with Crippen LogP contribution >= 0.6 is 28.1 Å². The van der Waals surface area contributed by atoms with Crippen LogP contribution in [0.5, 0.6) is 11.6 Å². The number of rotatable bonds is 7. The molecule has 0 saturated carbocycles. The zero-order valence-electron chi connectivity index (χ0n) is 20.6. The average Bonchev–Trinajstić information content (AvgIpc) is 3.58. The first-order valence-corrected chi connectivity index (χ1v) is 13.5. The van der Waals surface area contributed by atoms with Gasteiger partial charge in [-0.15, -0.1) is 5.10 Å². The van der Waals surface area contributed by atoms with Crippen LogP contribution in [-0.4, -0.2) is 40.8 Å². The number of aromatic hydroxyl groups is 1. The number of imidazole rings is 1. The van der Waals surface area contributed by atoms with Gasteiger partial charge in [0.2, 0.25) is 5.88 Å². The third-order valence-corrected chi connectivity index (χ3v) is 7.84. The summed E-state index contributed by atoms with van der Waals surface area (Å²) in [6, 6.07) is 14.3. The highest BCUT2D eigenvalue weighted by atomic mass is 79.9. The fraction of sp³-hybridized carbons (Fsp3) is 0.296. The first-order valence-electron chi connectivity index (χ1n) is 12.3. The van der Waals surface area contributed by atoms with E-state index in [1.165, 1.54) is 5.56 Å². The fourth-order valence-corrected chi connectivity index (χ4v) is 6.13. The summed E-state index contributed by atoms with van der Waals surface area (Å²) in [7, 11) is 0. The van der Waals surface area contributed by atoms with Crippen molar-refractivity contribution in [3.8, 4) is 11.6 Å². The summed E-state index contributed by atoms with van der Waals surface area (Å²) in [5.74, 6) is 1.05. The second-order valence-corrected chi connectivity index (χ2v) is 10.9. The topological polar surface area (TPSA) is 85.8 Å². The Morgan fingerprint density at radius 2 is 2.03 bits per heavy atom. The number of H-pyrrole nitrogens is 1. The molecule has 0 spiro atoms. The molecule has 190 valence electrons. The van der Waals surface area contributed by atoms with Gasteiger partial charge in [-0.3, -0.25) is 9.25 Å². The summed E-state index contributed by atoms with van der Waals surface area (Å²) in [5.41, 5.74) is 5.25. The number of aromatic amines is 1. The van der Waals surface area contributed by atoms with Crippen LogP contribution < -0.4 is 4.74 Å². The zero-order valence-corrected chi connectivity index (χ0v) is 23.0. The third kappa shape index (κ3) is 4.18. The molecule has 0 bridgehead atoms. The van der Waals surface area contributed by atoms with Crippen molar-refractivity contribution in [2.75, 3.05) is 6.61 Å². The van der Waals surface area contributed by atoms with Crippen LogP contribution in [0.25, 0.3) is 10.9 Å². The summed E-state index contributed by atoms with van der Waals surface area (Å²) in [5, 5.41) is 20.2. The van der Waals surface area contributed by atoms with Crippen molar-refractivity contribution in [3.63, 3.8) is 0 Å². The molecular formula is C27H27BrN6O2S. The molecule has 8 nitrogen and oxygen atoms in total. The first-order chi connectivity index (χ1) is 17.9. The molecule has 37 heavy (non-hydrogen) atoms. The standard InChI is InChI=1S/C27H27BrN6O2S/c1-16(2)33-26(35)23-15-21-20-14-18(28)6-9-22(20)30-24(21)25(34(23)27(33)37)17-4-7-19(8-5-17)36-13-3-11-32-12-10-29-31-32/h4-10,12,14,16,25,30,35H,3,11,13,15H2,1-2H3. The molecule has 0 radical (unpaired) electrons. The molecule has 3 aromatic heterocycles. The van der Waals surface area contributed by atoms with Crippen molar-refractivity contribution in [3.05, 3.63) is 86.6 Å². The van der Waals surface area contributed by atoms with Gasteiger partial charge in [0.25, 0.3) is 0 Å². The highest BCUT2D eigenvalue weighted by Gasteiger charge is 2.34. The lowest BCUT2D eigenvalue weighted by Crippen LogP contribution is -2.22. The van der Waals surface area contributed by atoms with E-state index in [2.05, 4.69) is 60.1 Å². The molecule has 1 aliphatic rings. The zero-order chi connectivity index (χ0) is 25.7. The van der Waals surface area contributed by atoms with Crippen LogP contribution in [0.2, 0.25) is 0 Å². The van der Waals surface area contributed by atoms with Gasteiger partial charge < -0.3 is 19.4 Å². The number of aromatic nitrogens is 6. The maximum atomic E-state index is 11.2. The van der Waals surface area contributed by atoms with Crippen LogP contribution in [0.3, 0.4) is 0 Å². The lowest BCUT2D eigenvalue weighted by Gasteiger charge is -2.27. The van der Waals surface area contributed by atoms with Gasteiger partial charge >= 0.3 is 0 Å². The Kier molecular flexibility index (Phi) is 6.16. The molecule has 1 unspecified atom stereocenters. The highest BCUT2D eigenvalue weighted by molar-refractivity contribution is 9.10. The molecule has 1 atom stereocenters. The largest absolute Gasteiger partial charge is 0.494 e. The molecule has 0 amide bonds. The van der Waals surface area contributed by atoms with E-state index in [0.29, 0.717) is 17.8 Å². The highest BCUT2D eigenvalue weighted by Crippen LogP contribution is 2.44. The Balaban J connectivity index is 1.37. The van der Waals surface area contributed by atoms with E-state index in [1.54, 1.807) is 10.9 Å². The molecule has 1 aliphatic heterocycles. The molecule has 6 rings (SSSR count). The minimum atomic E-state index is -0.190. The van der Waals surface area contributed by atoms with E-state index in [4.69, 9.17) is 17.0 Å². The van der Waals surface area contributed by atoms with Crippen molar-refractivity contribution in [1.29, 1.82) is 0 Å². The minimum absolute atomic E-state index is 0.0452. The summed E-state index contributed by atoms with van der Waals surface area (Å²) in [6.07, 6.45) is 4.96. The second-order valence-electron chi connectivity index (χ2n) is 9.61. The van der Waals surface area contributed by atoms with Gasteiger partial charge in [-0.25, -0.2) is 0 Å². The number of benzene rings is 2. The predicted octanol–water partition coefficient (Wildman–Crippen LogP) is 6.15. The molecule has 10 heteroatoms. The molecule has 2 aromatic carbocycles. The predicted molar refractivity (Wildman–Crippen MR) is 148 cm³/mol. The van der Waals surface area contributed by atoms with Gasteiger partial charge in [0.1, 0.15) is 11.8 Å². The summed E-state index contributed by atoms with van der Waals surface area (Å²) in [6.45, 7) is 5.43. The number of nitrogens with zero attached hydrogens (tertiary/aromatic N) is 5. The molecule has 0 aliphatic carbocycles.